The van der Waals surface area contributed by atoms with Crippen LogP contribution in [0.1, 0.15) is 31.6 Å². The number of fused-ring (bicyclic) bond motifs is 1. The van der Waals surface area contributed by atoms with E-state index >= 15 is 0 Å². The molecule has 126 valence electrons. The molecule has 0 radical (unpaired) electrons. The number of anilines is 1. The van der Waals surface area contributed by atoms with Gasteiger partial charge in [-0.15, -0.1) is 10.2 Å². The van der Waals surface area contributed by atoms with Gasteiger partial charge in [0.25, 0.3) is 0 Å². The highest BCUT2D eigenvalue weighted by molar-refractivity contribution is 5.62. The van der Waals surface area contributed by atoms with E-state index in [1.54, 1.807) is 12.5 Å². The number of hydrogen-bond acceptors (Lipinski definition) is 6. The highest BCUT2D eigenvalue weighted by atomic mass is 16.5. The second-order valence-corrected chi connectivity index (χ2v) is 5.98. The van der Waals surface area contributed by atoms with Crippen LogP contribution in [0.2, 0.25) is 0 Å². The van der Waals surface area contributed by atoms with E-state index in [0.29, 0.717) is 5.92 Å². The van der Waals surface area contributed by atoms with Crippen LogP contribution in [-0.2, 0) is 11.3 Å². The summed E-state index contributed by atoms with van der Waals surface area (Å²) in [6.07, 6.45) is 11.2. The maximum Gasteiger partial charge on any atom is 0.203 e. The molecule has 0 amide bonds. The van der Waals surface area contributed by atoms with E-state index < -0.39 is 0 Å². The Morgan fingerprint density at radius 1 is 1.25 bits per heavy atom. The van der Waals surface area contributed by atoms with Gasteiger partial charge >= 0.3 is 0 Å². The van der Waals surface area contributed by atoms with Crippen LogP contribution < -0.4 is 5.32 Å². The lowest BCUT2D eigenvalue weighted by molar-refractivity contribution is 0.0593. The van der Waals surface area contributed by atoms with Crippen LogP contribution in [0.5, 0.6) is 0 Å². The fourth-order valence-electron chi connectivity index (χ4n) is 3.32. The predicted molar refractivity (Wildman–Crippen MR) is 88.6 cm³/mol. The number of rotatable bonds is 5. The second-order valence-electron chi connectivity index (χ2n) is 5.98. The van der Waals surface area contributed by atoms with Crippen LogP contribution in [-0.4, -0.2) is 42.3 Å². The third-order valence-corrected chi connectivity index (χ3v) is 4.61. The van der Waals surface area contributed by atoms with Gasteiger partial charge in [0.15, 0.2) is 5.82 Å². The zero-order valence-electron chi connectivity index (χ0n) is 13.7. The first-order valence-electron chi connectivity index (χ1n) is 8.36. The smallest absolute Gasteiger partial charge is 0.203 e. The van der Waals surface area contributed by atoms with E-state index in [0.717, 1.165) is 49.9 Å². The van der Waals surface area contributed by atoms with Crippen LogP contribution in [0.3, 0.4) is 0 Å². The summed E-state index contributed by atoms with van der Waals surface area (Å²) in [6.45, 7) is 4.60. The summed E-state index contributed by atoms with van der Waals surface area (Å²) in [5, 5.41) is 11.7. The lowest BCUT2D eigenvalue weighted by Gasteiger charge is -2.31. The van der Waals surface area contributed by atoms with Gasteiger partial charge in [0.05, 0.1) is 6.04 Å². The molecule has 8 nitrogen and oxygen atoms in total. The van der Waals surface area contributed by atoms with Gasteiger partial charge in [0, 0.05) is 44.5 Å². The van der Waals surface area contributed by atoms with E-state index in [1.165, 1.54) is 0 Å². The van der Waals surface area contributed by atoms with E-state index in [9.17, 15) is 0 Å². The van der Waals surface area contributed by atoms with E-state index in [1.807, 2.05) is 23.0 Å². The second kappa shape index (κ2) is 6.56. The molecule has 4 heterocycles. The Kier molecular flexibility index (Phi) is 4.12. The average molecular weight is 327 g/mol. The Balaban J connectivity index is 1.71. The van der Waals surface area contributed by atoms with Crippen molar-refractivity contribution in [3.05, 3.63) is 36.9 Å². The number of aromatic nitrogens is 6. The summed E-state index contributed by atoms with van der Waals surface area (Å²) >= 11 is 0. The molecule has 0 saturated carbocycles. The maximum absolute atomic E-state index is 5.53. The third-order valence-electron chi connectivity index (χ3n) is 4.61. The summed E-state index contributed by atoms with van der Waals surface area (Å²) in [7, 11) is 0. The largest absolute Gasteiger partial charge is 0.381 e. The monoisotopic (exact) mass is 327 g/mol. The molecular formula is C16H21N7O. The third kappa shape index (κ3) is 2.73. The fourth-order valence-corrected chi connectivity index (χ4v) is 3.32. The van der Waals surface area contributed by atoms with Crippen molar-refractivity contribution in [2.75, 3.05) is 18.5 Å². The van der Waals surface area contributed by atoms with Gasteiger partial charge in [0.1, 0.15) is 12.2 Å². The summed E-state index contributed by atoms with van der Waals surface area (Å²) in [6, 6.07) is 0.0687. The molecule has 1 unspecified atom stereocenters. The van der Waals surface area contributed by atoms with Crippen molar-refractivity contribution in [3.63, 3.8) is 0 Å². The number of nitrogens with one attached hydrogen (secondary N) is 1. The molecule has 1 aliphatic rings. The molecule has 3 aromatic heterocycles. The van der Waals surface area contributed by atoms with Gasteiger partial charge in [-0.2, -0.15) is 0 Å². The topological polar surface area (TPSA) is 82.2 Å². The molecule has 8 heteroatoms. The Bertz CT molecular complexity index is 805. The van der Waals surface area contributed by atoms with Gasteiger partial charge in [-0.1, -0.05) is 0 Å². The molecule has 0 aromatic carbocycles. The normalized spacial score (nSPS) is 17.2. The van der Waals surface area contributed by atoms with Crippen molar-refractivity contribution < 1.29 is 4.74 Å². The zero-order valence-corrected chi connectivity index (χ0v) is 13.7. The van der Waals surface area contributed by atoms with Gasteiger partial charge in [-0.3, -0.25) is 4.40 Å². The summed E-state index contributed by atoms with van der Waals surface area (Å²) in [5.74, 6) is 2.21. The number of ether oxygens (including phenoxy) is 1. The fraction of sp³-hybridized carbons (Fsp3) is 0.500. The van der Waals surface area contributed by atoms with E-state index in [4.69, 9.17) is 4.74 Å². The first kappa shape index (κ1) is 15.1. The molecule has 0 aliphatic carbocycles. The lowest BCUT2D eigenvalue weighted by atomic mass is 9.91. The minimum absolute atomic E-state index is 0.0687. The van der Waals surface area contributed by atoms with Crippen LogP contribution in [0, 0.1) is 5.92 Å². The number of nitrogens with zero attached hydrogens (tertiary/aromatic N) is 6. The highest BCUT2D eigenvalue weighted by Crippen LogP contribution is 2.32. The van der Waals surface area contributed by atoms with Crippen molar-refractivity contribution in [2.45, 2.75) is 32.4 Å². The standard InChI is InChI=1S/C16H21N7O/c1-2-22-7-6-18-15(22)13(12-3-9-24-10-4-12)20-14-16-21-19-11-23(16)8-5-17-14/h5-8,11-13H,2-4,9-10H2,1H3,(H,17,20). The van der Waals surface area contributed by atoms with Crippen molar-refractivity contribution in [1.29, 1.82) is 0 Å². The molecule has 0 spiro atoms. The first-order valence-corrected chi connectivity index (χ1v) is 8.36. The van der Waals surface area contributed by atoms with Crippen molar-refractivity contribution in [2.24, 2.45) is 5.92 Å². The highest BCUT2D eigenvalue weighted by Gasteiger charge is 2.29. The van der Waals surface area contributed by atoms with Crippen molar-refractivity contribution >= 4 is 11.5 Å². The number of imidazole rings is 1. The van der Waals surface area contributed by atoms with Gasteiger partial charge in [0.2, 0.25) is 5.65 Å². The quantitative estimate of drug-likeness (QED) is 0.771. The molecule has 3 aromatic rings. The molecule has 1 fully saturated rings. The van der Waals surface area contributed by atoms with Gasteiger partial charge in [-0.05, 0) is 25.7 Å². The number of aryl methyl sites for hydroxylation is 1. The van der Waals surface area contributed by atoms with Crippen LogP contribution in [0.4, 0.5) is 5.82 Å². The molecular weight excluding hydrogens is 306 g/mol. The van der Waals surface area contributed by atoms with Gasteiger partial charge in [-0.25, -0.2) is 9.97 Å². The van der Waals surface area contributed by atoms with Crippen LogP contribution in [0.25, 0.3) is 5.65 Å². The Hall–Kier alpha value is -2.48. The van der Waals surface area contributed by atoms with Crippen molar-refractivity contribution in [3.8, 4) is 0 Å². The molecule has 4 rings (SSSR count). The molecule has 1 aliphatic heterocycles. The summed E-state index contributed by atoms with van der Waals surface area (Å²) in [5.41, 5.74) is 0.726. The number of hydrogen-bond donors (Lipinski definition) is 1. The lowest BCUT2D eigenvalue weighted by Crippen LogP contribution is -2.29. The van der Waals surface area contributed by atoms with E-state index in [-0.39, 0.29) is 6.04 Å². The summed E-state index contributed by atoms with van der Waals surface area (Å²) in [4.78, 5) is 9.09. The SMILES string of the molecule is CCn1ccnc1C(Nc1nccn2cnnc12)C1CCOCC1. The van der Waals surface area contributed by atoms with Crippen LogP contribution >= 0.6 is 0 Å². The first-order chi connectivity index (χ1) is 11.9. The average Bonchev–Trinajstić information content (AvgIpc) is 3.29. The molecule has 1 atom stereocenters. The minimum Gasteiger partial charge on any atom is -0.381 e. The van der Waals surface area contributed by atoms with E-state index in [2.05, 4.69) is 37.0 Å². The Morgan fingerprint density at radius 2 is 2.08 bits per heavy atom. The maximum atomic E-state index is 5.53. The molecule has 1 saturated heterocycles. The Labute approximate surface area is 139 Å². The minimum atomic E-state index is 0.0687. The molecule has 1 N–H and O–H groups in total. The zero-order chi connectivity index (χ0) is 16.4. The van der Waals surface area contributed by atoms with Gasteiger partial charge < -0.3 is 14.6 Å². The molecule has 24 heavy (non-hydrogen) atoms. The summed E-state index contributed by atoms with van der Waals surface area (Å²) < 4.78 is 9.58. The van der Waals surface area contributed by atoms with Crippen molar-refractivity contribution in [1.82, 2.24) is 29.1 Å². The predicted octanol–water partition coefficient (Wildman–Crippen LogP) is 1.92. The Morgan fingerprint density at radius 3 is 2.92 bits per heavy atom. The molecule has 0 bridgehead atoms. The van der Waals surface area contributed by atoms with Crippen LogP contribution in [0.15, 0.2) is 31.1 Å².